The van der Waals surface area contributed by atoms with Gasteiger partial charge in [0.25, 0.3) is 5.91 Å². The Morgan fingerprint density at radius 1 is 1.24 bits per heavy atom. The first-order valence-electron chi connectivity index (χ1n) is 10.9. The summed E-state index contributed by atoms with van der Waals surface area (Å²) < 4.78 is 54.7. The van der Waals surface area contributed by atoms with E-state index in [4.69, 9.17) is 5.41 Å². The third-order valence-electron chi connectivity index (χ3n) is 5.75. The lowest BCUT2D eigenvalue weighted by molar-refractivity contribution is -0.275. The Kier molecular flexibility index (Phi) is 8.00. The lowest BCUT2D eigenvalue weighted by Gasteiger charge is -2.33. The zero-order chi connectivity index (χ0) is 27.7. The second-order valence-electron chi connectivity index (χ2n) is 8.22. The molecule has 1 aliphatic rings. The van der Waals surface area contributed by atoms with E-state index in [0.717, 1.165) is 33.3 Å². The number of hydrogen-bond acceptors (Lipinski definition) is 7. The summed E-state index contributed by atoms with van der Waals surface area (Å²) in [5, 5.41) is 12.5. The van der Waals surface area contributed by atoms with Crippen molar-refractivity contribution >= 4 is 40.1 Å². The molecule has 198 valence electrons. The highest BCUT2D eigenvalue weighted by molar-refractivity contribution is 7.14. The molecule has 0 bridgehead atoms. The van der Waals surface area contributed by atoms with Crippen LogP contribution in [0.2, 0.25) is 0 Å². The lowest BCUT2D eigenvalue weighted by atomic mass is 9.88. The van der Waals surface area contributed by atoms with Crippen LogP contribution in [0.3, 0.4) is 0 Å². The number of aromatic nitrogens is 1. The highest BCUT2D eigenvalue weighted by Crippen LogP contribution is 2.32. The van der Waals surface area contributed by atoms with Crippen molar-refractivity contribution in [2.75, 3.05) is 19.4 Å². The van der Waals surface area contributed by atoms with Crippen molar-refractivity contribution in [3.63, 3.8) is 0 Å². The molecule has 1 aromatic carbocycles. The Morgan fingerprint density at radius 2 is 1.92 bits per heavy atom. The third-order valence-corrected chi connectivity index (χ3v) is 6.51. The Labute approximate surface area is 213 Å². The number of amides is 4. The van der Waals surface area contributed by atoms with Gasteiger partial charge in [0.15, 0.2) is 16.7 Å². The highest BCUT2D eigenvalue weighted by atomic mass is 32.1. The maximum Gasteiger partial charge on any atom is 0.573 e. The number of nitrogens with zero attached hydrogens (tertiary/aromatic N) is 3. The quantitative estimate of drug-likeness (QED) is 0.377. The molecule has 0 radical (unpaired) electrons. The summed E-state index contributed by atoms with van der Waals surface area (Å²) in [5.41, 5.74) is 0.748. The fraction of sp³-hybridized carbons (Fsp3) is 0.348. The number of likely N-dealkylation sites (N-methyl/N-ethyl adjacent to an activating group) is 2. The van der Waals surface area contributed by atoms with Crippen LogP contribution in [0.15, 0.2) is 34.7 Å². The summed E-state index contributed by atoms with van der Waals surface area (Å²) in [7, 11) is 2.66. The molecule has 1 aliphatic heterocycles. The molecule has 1 fully saturated rings. The molecular formula is C23H23F4N5O4S. The van der Waals surface area contributed by atoms with Crippen molar-refractivity contribution in [3.05, 3.63) is 40.5 Å². The van der Waals surface area contributed by atoms with Crippen LogP contribution in [-0.2, 0) is 9.59 Å². The number of carbonyl (C=O) groups is 3. The Balaban J connectivity index is 1.81. The van der Waals surface area contributed by atoms with Gasteiger partial charge in [-0.3, -0.25) is 24.8 Å². The summed E-state index contributed by atoms with van der Waals surface area (Å²) >= 11 is 1.01. The minimum atomic E-state index is -5.04. The van der Waals surface area contributed by atoms with E-state index in [0.29, 0.717) is 12.0 Å². The van der Waals surface area contributed by atoms with Gasteiger partial charge < -0.3 is 10.1 Å². The van der Waals surface area contributed by atoms with Gasteiger partial charge in [-0.25, -0.2) is 14.2 Å². The molecule has 9 nitrogen and oxygen atoms in total. The van der Waals surface area contributed by atoms with Gasteiger partial charge in [-0.2, -0.15) is 0 Å². The van der Waals surface area contributed by atoms with Gasteiger partial charge in [-0.1, -0.05) is 13.8 Å². The minimum absolute atomic E-state index is 0.0226. The Bertz CT molecular complexity index is 1260. The average Bonchev–Trinajstić information content (AvgIpc) is 3.29. The van der Waals surface area contributed by atoms with Crippen molar-refractivity contribution in [2.24, 2.45) is 5.92 Å². The van der Waals surface area contributed by atoms with Gasteiger partial charge >= 0.3 is 12.4 Å². The molecular weight excluding hydrogens is 518 g/mol. The fourth-order valence-corrected chi connectivity index (χ4v) is 4.29. The normalized spacial score (nSPS) is 16.7. The number of imide groups is 1. The number of rotatable bonds is 7. The van der Waals surface area contributed by atoms with E-state index >= 15 is 0 Å². The van der Waals surface area contributed by atoms with Gasteiger partial charge in [0, 0.05) is 31.5 Å². The molecule has 2 aromatic rings. The first kappa shape index (κ1) is 27.8. The monoisotopic (exact) mass is 541 g/mol. The second kappa shape index (κ2) is 10.7. The number of alkyl halides is 3. The zero-order valence-electron chi connectivity index (χ0n) is 20.2. The molecule has 14 heteroatoms. The van der Waals surface area contributed by atoms with Crippen molar-refractivity contribution in [2.45, 2.75) is 33.1 Å². The van der Waals surface area contributed by atoms with Gasteiger partial charge in [0.1, 0.15) is 5.84 Å². The predicted molar refractivity (Wildman–Crippen MR) is 128 cm³/mol. The van der Waals surface area contributed by atoms with Crippen LogP contribution in [0.1, 0.15) is 26.7 Å². The van der Waals surface area contributed by atoms with Crippen molar-refractivity contribution in [3.8, 4) is 17.0 Å². The van der Waals surface area contributed by atoms with Crippen molar-refractivity contribution in [1.82, 2.24) is 14.8 Å². The third kappa shape index (κ3) is 6.13. The van der Waals surface area contributed by atoms with Crippen LogP contribution in [0.25, 0.3) is 11.3 Å². The van der Waals surface area contributed by atoms with E-state index in [2.05, 4.69) is 15.0 Å². The Morgan fingerprint density at radius 3 is 2.51 bits per heavy atom. The maximum absolute atomic E-state index is 14.1. The summed E-state index contributed by atoms with van der Waals surface area (Å²) in [4.78, 5) is 43.9. The van der Waals surface area contributed by atoms with Crippen molar-refractivity contribution in [1.29, 1.82) is 5.41 Å². The van der Waals surface area contributed by atoms with Crippen LogP contribution in [0, 0.1) is 17.1 Å². The first-order chi connectivity index (χ1) is 17.2. The number of urea groups is 1. The standard InChI is InChI=1S/C23H23F4N5O4S/c1-5-11(2)13(18-19(28)31(3)22(35)32(4)20(18)34)9-17(33)30-21-29-15(10-37-21)12-6-7-16(14(24)8-12)36-23(25,26)27/h6-8,10-11,28H,5,9H2,1-4H3,(H,29,30,33)/b18-13+,28-19?. The topological polar surface area (TPSA) is 116 Å². The molecule has 0 aliphatic carbocycles. The molecule has 0 spiro atoms. The molecule has 1 unspecified atom stereocenters. The molecule has 0 saturated carbocycles. The van der Waals surface area contributed by atoms with E-state index in [1.165, 1.54) is 25.5 Å². The first-order valence-corrected chi connectivity index (χ1v) is 11.8. The summed E-state index contributed by atoms with van der Waals surface area (Å²) in [6.07, 6.45) is -4.72. The number of carbonyl (C=O) groups excluding carboxylic acids is 3. The largest absolute Gasteiger partial charge is 0.573 e. The molecule has 1 aromatic heterocycles. The number of thiazole rings is 1. The number of ether oxygens (including phenoxy) is 1. The highest BCUT2D eigenvalue weighted by Gasteiger charge is 2.38. The molecule has 4 amide bonds. The van der Waals surface area contributed by atoms with E-state index in [-0.39, 0.29) is 40.1 Å². The van der Waals surface area contributed by atoms with Crippen LogP contribution < -0.4 is 10.1 Å². The summed E-state index contributed by atoms with van der Waals surface area (Å²) in [5.74, 6) is -3.97. The van der Waals surface area contributed by atoms with Crippen LogP contribution in [-0.4, -0.2) is 58.9 Å². The van der Waals surface area contributed by atoms with Crippen LogP contribution in [0.4, 0.5) is 27.5 Å². The SMILES string of the molecule is CCC(C)/C(CC(=O)Nc1nc(-c2ccc(OC(F)(F)F)c(F)c2)cs1)=C1\C(=N)N(C)C(=O)N(C)C1=O. The number of nitrogens with one attached hydrogen (secondary N) is 2. The molecule has 3 rings (SSSR count). The van der Waals surface area contributed by atoms with E-state index in [1.54, 1.807) is 6.92 Å². The maximum atomic E-state index is 14.1. The number of hydrogen-bond donors (Lipinski definition) is 2. The van der Waals surface area contributed by atoms with Crippen molar-refractivity contribution < 1.29 is 36.7 Å². The van der Waals surface area contributed by atoms with Gasteiger partial charge in [0.05, 0.1) is 11.3 Å². The molecule has 2 heterocycles. The lowest BCUT2D eigenvalue weighted by Crippen LogP contribution is -2.53. The second-order valence-corrected chi connectivity index (χ2v) is 9.08. The summed E-state index contributed by atoms with van der Waals surface area (Å²) in [6.45, 7) is 3.66. The van der Waals surface area contributed by atoms with Gasteiger partial charge in [-0.05, 0) is 36.1 Å². The predicted octanol–water partition coefficient (Wildman–Crippen LogP) is 5.02. The Hall–Kier alpha value is -3.81. The number of anilines is 1. The minimum Gasteiger partial charge on any atom is -0.403 e. The number of benzene rings is 1. The van der Waals surface area contributed by atoms with Gasteiger partial charge in [-0.15, -0.1) is 24.5 Å². The number of halogens is 4. The fourth-order valence-electron chi connectivity index (χ4n) is 3.56. The number of amidine groups is 1. The van der Waals surface area contributed by atoms with E-state index in [1.807, 2.05) is 6.92 Å². The van der Waals surface area contributed by atoms with Gasteiger partial charge in [0.2, 0.25) is 5.91 Å². The molecule has 1 atom stereocenters. The smallest absolute Gasteiger partial charge is 0.403 e. The summed E-state index contributed by atoms with van der Waals surface area (Å²) in [6, 6.07) is 2.21. The zero-order valence-corrected chi connectivity index (χ0v) is 21.0. The van der Waals surface area contributed by atoms with Crippen LogP contribution in [0.5, 0.6) is 5.75 Å². The van der Waals surface area contributed by atoms with E-state index < -0.39 is 35.8 Å². The molecule has 1 saturated heterocycles. The van der Waals surface area contributed by atoms with Crippen LogP contribution >= 0.6 is 11.3 Å². The molecule has 2 N–H and O–H groups in total. The van der Waals surface area contributed by atoms with E-state index in [9.17, 15) is 31.9 Å². The molecule has 37 heavy (non-hydrogen) atoms. The average molecular weight is 542 g/mol.